The molecule has 3 heterocycles. The minimum Gasteiger partial charge on any atom is -0.461 e. The van der Waals surface area contributed by atoms with Gasteiger partial charge in [0.2, 0.25) is 5.69 Å². The van der Waals surface area contributed by atoms with Crippen molar-refractivity contribution in [3.63, 3.8) is 0 Å². The molecule has 0 bridgehead atoms. The molecular weight excluding hydrogens is 601 g/mol. The summed E-state index contributed by atoms with van der Waals surface area (Å²) < 4.78 is 8.55. The lowest BCUT2D eigenvalue weighted by molar-refractivity contribution is -0.713. The molecule has 4 aromatic carbocycles. The van der Waals surface area contributed by atoms with Crippen molar-refractivity contribution in [3.05, 3.63) is 168 Å². The SMILES string of the molecule is CCC(C)(c1ccccc1-c1ccccn1)[C@](C)(CC(=O)OCc1ccccc1)[C@@H]1c2ccccc2-c2cc(C)c(-c3ccccc3)c[n+]21. The van der Waals surface area contributed by atoms with Crippen LogP contribution in [0.25, 0.3) is 33.6 Å². The van der Waals surface area contributed by atoms with E-state index in [-0.39, 0.29) is 25.0 Å². The average molecular weight is 644 g/mol. The van der Waals surface area contributed by atoms with E-state index in [2.05, 4.69) is 129 Å². The Morgan fingerprint density at radius 3 is 2.14 bits per heavy atom. The second kappa shape index (κ2) is 13.3. The summed E-state index contributed by atoms with van der Waals surface area (Å²) in [6.45, 7) is 9.33. The number of hydrogen-bond donors (Lipinski definition) is 0. The molecule has 0 N–H and O–H groups in total. The Balaban J connectivity index is 1.44. The molecule has 4 heteroatoms. The van der Waals surface area contributed by atoms with Crippen molar-refractivity contribution < 1.29 is 14.1 Å². The number of fused-ring (bicyclic) bond motifs is 3. The lowest BCUT2D eigenvalue weighted by atomic mass is 9.54. The van der Waals surface area contributed by atoms with Crippen LogP contribution in [0.5, 0.6) is 0 Å². The van der Waals surface area contributed by atoms with Gasteiger partial charge in [0.25, 0.3) is 0 Å². The van der Waals surface area contributed by atoms with E-state index < -0.39 is 10.8 Å². The summed E-state index contributed by atoms with van der Waals surface area (Å²) in [6.07, 6.45) is 5.19. The highest BCUT2D eigenvalue weighted by Gasteiger charge is 2.59. The van der Waals surface area contributed by atoms with E-state index in [4.69, 9.17) is 9.72 Å². The lowest BCUT2D eigenvalue weighted by Crippen LogP contribution is -2.56. The number of benzene rings is 4. The van der Waals surface area contributed by atoms with E-state index in [0.29, 0.717) is 0 Å². The first-order valence-electron chi connectivity index (χ1n) is 17.2. The number of aromatic nitrogens is 2. The molecule has 7 rings (SSSR count). The number of pyridine rings is 2. The number of ether oxygens (including phenoxy) is 1. The topological polar surface area (TPSA) is 43.1 Å². The zero-order valence-electron chi connectivity index (χ0n) is 28.8. The lowest BCUT2D eigenvalue weighted by Gasteiger charge is -2.48. The number of aryl methyl sites for hydroxylation is 1. The van der Waals surface area contributed by atoms with Crippen molar-refractivity contribution in [2.24, 2.45) is 5.41 Å². The van der Waals surface area contributed by atoms with Crippen LogP contribution < -0.4 is 4.57 Å². The van der Waals surface area contributed by atoms with Crippen LogP contribution in [-0.2, 0) is 21.6 Å². The number of carbonyl (C=O) groups is 1. The van der Waals surface area contributed by atoms with E-state index in [1.165, 1.54) is 33.4 Å². The summed E-state index contributed by atoms with van der Waals surface area (Å²) in [5, 5.41) is 0. The van der Waals surface area contributed by atoms with Crippen molar-refractivity contribution in [2.45, 2.75) is 58.6 Å². The molecule has 2 aromatic heterocycles. The molecule has 49 heavy (non-hydrogen) atoms. The van der Waals surface area contributed by atoms with Gasteiger partial charge in [0.15, 0.2) is 12.2 Å². The molecule has 0 aliphatic carbocycles. The monoisotopic (exact) mass is 643 g/mol. The third-order valence-corrected chi connectivity index (χ3v) is 11.0. The van der Waals surface area contributed by atoms with E-state index in [9.17, 15) is 4.79 Å². The highest BCUT2D eigenvalue weighted by Crippen LogP contribution is 2.58. The highest BCUT2D eigenvalue weighted by atomic mass is 16.5. The smallest absolute Gasteiger partial charge is 0.306 e. The Bertz CT molecular complexity index is 2090. The largest absolute Gasteiger partial charge is 0.461 e. The van der Waals surface area contributed by atoms with Gasteiger partial charge >= 0.3 is 5.97 Å². The molecule has 1 unspecified atom stereocenters. The van der Waals surface area contributed by atoms with E-state index in [1.54, 1.807) is 0 Å². The maximum Gasteiger partial charge on any atom is 0.306 e. The standard InChI is InChI=1S/C45H43N2O2/c1-5-44(3,39-25-15-14-24-37(39)40-26-16-17-27-46-40)45(4,29-42(48)49-31-33-18-8-6-9-19-33)43-36-23-13-12-22-35(36)41-28-32(2)38(30-47(41)43)34-20-10-7-11-21-34/h6-28,30,43H,5,29,31H2,1-4H3/q+1/t43-,44?,45+/m0/s1. The molecule has 6 aromatic rings. The van der Waals surface area contributed by atoms with Crippen molar-refractivity contribution in [2.75, 3.05) is 0 Å². The highest BCUT2D eigenvalue weighted by molar-refractivity contribution is 5.74. The van der Waals surface area contributed by atoms with Crippen LogP contribution in [0.15, 0.2) is 146 Å². The molecule has 0 radical (unpaired) electrons. The summed E-state index contributed by atoms with van der Waals surface area (Å²) >= 11 is 0. The minimum atomic E-state index is -0.643. The van der Waals surface area contributed by atoms with Gasteiger partial charge in [-0.2, -0.15) is 4.57 Å². The predicted octanol–water partition coefficient (Wildman–Crippen LogP) is 10.1. The normalized spacial score (nSPS) is 15.8. The van der Waals surface area contributed by atoms with Gasteiger partial charge in [-0.15, -0.1) is 0 Å². The molecule has 1 aliphatic rings. The summed E-state index contributed by atoms with van der Waals surface area (Å²) in [6, 6.07) is 46.1. The van der Waals surface area contributed by atoms with Crippen LogP contribution in [-0.4, -0.2) is 11.0 Å². The Kier molecular flexibility index (Phi) is 8.73. The molecule has 0 spiro atoms. The van der Waals surface area contributed by atoms with E-state index in [0.717, 1.165) is 28.9 Å². The van der Waals surface area contributed by atoms with Gasteiger partial charge in [0, 0.05) is 34.4 Å². The van der Waals surface area contributed by atoms with Gasteiger partial charge in [0.05, 0.1) is 23.1 Å². The summed E-state index contributed by atoms with van der Waals surface area (Å²) in [5.41, 5.74) is 10.2. The molecule has 3 atom stereocenters. The summed E-state index contributed by atoms with van der Waals surface area (Å²) in [4.78, 5) is 19.1. The van der Waals surface area contributed by atoms with Crippen LogP contribution in [0.2, 0.25) is 0 Å². The zero-order chi connectivity index (χ0) is 34.0. The van der Waals surface area contributed by atoms with Crippen molar-refractivity contribution in [1.82, 2.24) is 4.98 Å². The number of hydrogen-bond acceptors (Lipinski definition) is 3. The van der Waals surface area contributed by atoms with Gasteiger partial charge in [0.1, 0.15) is 6.61 Å². The van der Waals surface area contributed by atoms with Crippen molar-refractivity contribution in [3.8, 4) is 33.6 Å². The second-order valence-electron chi connectivity index (χ2n) is 13.7. The maximum atomic E-state index is 14.3. The van der Waals surface area contributed by atoms with Crippen LogP contribution >= 0.6 is 0 Å². The molecular formula is C45H43N2O2+. The third kappa shape index (κ3) is 5.76. The van der Waals surface area contributed by atoms with Crippen molar-refractivity contribution >= 4 is 5.97 Å². The molecule has 0 fully saturated rings. The van der Waals surface area contributed by atoms with Crippen molar-refractivity contribution in [1.29, 1.82) is 0 Å². The number of esters is 1. The van der Waals surface area contributed by atoms with Crippen LogP contribution in [0.1, 0.15) is 61.9 Å². The zero-order valence-corrected chi connectivity index (χ0v) is 28.8. The Morgan fingerprint density at radius 2 is 1.43 bits per heavy atom. The predicted molar refractivity (Wildman–Crippen MR) is 197 cm³/mol. The Morgan fingerprint density at radius 1 is 0.776 bits per heavy atom. The molecule has 244 valence electrons. The van der Waals surface area contributed by atoms with Gasteiger partial charge in [-0.05, 0) is 53.8 Å². The summed E-state index contributed by atoms with van der Waals surface area (Å²) in [5.74, 6) is -0.205. The van der Waals surface area contributed by atoms with E-state index in [1.807, 2.05) is 48.7 Å². The molecule has 0 amide bonds. The maximum absolute atomic E-state index is 14.3. The average Bonchev–Trinajstić information content (AvgIpc) is 3.48. The Labute approximate surface area is 290 Å². The number of rotatable bonds is 10. The number of nitrogens with zero attached hydrogens (tertiary/aromatic N) is 2. The van der Waals surface area contributed by atoms with Gasteiger partial charge < -0.3 is 4.74 Å². The summed E-state index contributed by atoms with van der Waals surface area (Å²) in [7, 11) is 0. The van der Waals surface area contributed by atoms with E-state index >= 15 is 0 Å². The van der Waals surface area contributed by atoms with Gasteiger partial charge in [-0.25, -0.2) is 0 Å². The van der Waals surface area contributed by atoms with Crippen LogP contribution in [0, 0.1) is 12.3 Å². The first kappa shape index (κ1) is 32.2. The quantitative estimate of drug-likeness (QED) is 0.110. The van der Waals surface area contributed by atoms with Crippen LogP contribution in [0.4, 0.5) is 0 Å². The fourth-order valence-electron chi connectivity index (χ4n) is 8.08. The fourth-order valence-corrected chi connectivity index (χ4v) is 8.08. The molecule has 4 nitrogen and oxygen atoms in total. The fraction of sp³-hybridized carbons (Fsp3) is 0.222. The molecule has 0 saturated heterocycles. The minimum absolute atomic E-state index is 0.159. The first-order valence-corrected chi connectivity index (χ1v) is 17.2. The van der Waals surface area contributed by atoms with Gasteiger partial charge in [-0.1, -0.05) is 130 Å². The molecule has 0 saturated carbocycles. The third-order valence-electron chi connectivity index (χ3n) is 11.0. The van der Waals surface area contributed by atoms with Crippen LogP contribution in [0.3, 0.4) is 0 Å². The molecule has 1 aliphatic heterocycles. The number of carbonyl (C=O) groups excluding carboxylic acids is 1. The van der Waals surface area contributed by atoms with Gasteiger partial charge in [-0.3, -0.25) is 9.78 Å². The Hall–Kier alpha value is -5.35. The first-order chi connectivity index (χ1) is 23.8. The second-order valence-corrected chi connectivity index (χ2v) is 13.7.